The highest BCUT2D eigenvalue weighted by Gasteiger charge is 2.22. The predicted octanol–water partition coefficient (Wildman–Crippen LogP) is 1.49. The van der Waals surface area contributed by atoms with E-state index in [-0.39, 0.29) is 10.6 Å². The normalized spacial score (nSPS) is 15.6. The van der Waals surface area contributed by atoms with E-state index in [9.17, 15) is 10.1 Å². The Labute approximate surface area is 98.9 Å². The molecular weight excluding hydrogens is 220 g/mol. The van der Waals surface area contributed by atoms with Gasteiger partial charge in [0.15, 0.2) is 0 Å². The summed E-state index contributed by atoms with van der Waals surface area (Å²) in [5.74, 6) is 5.04. The summed E-state index contributed by atoms with van der Waals surface area (Å²) in [7, 11) is 0. The molecule has 90 valence electrons. The molecule has 1 saturated heterocycles. The van der Waals surface area contributed by atoms with Gasteiger partial charge in [0.25, 0.3) is 5.69 Å². The number of hydrogen-bond donors (Lipinski definition) is 1. The van der Waals surface area contributed by atoms with E-state index in [1.807, 2.05) is 4.90 Å². The van der Waals surface area contributed by atoms with Gasteiger partial charge >= 0.3 is 0 Å². The summed E-state index contributed by atoms with van der Waals surface area (Å²) >= 11 is 0. The molecule has 1 heterocycles. The molecule has 17 heavy (non-hydrogen) atoms. The molecule has 1 aromatic carbocycles. The van der Waals surface area contributed by atoms with E-state index in [0.717, 1.165) is 25.9 Å². The smallest absolute Gasteiger partial charge is 0.293 e. The average molecular weight is 234 g/mol. The number of nitrogens with zero attached hydrogens (tertiary/aromatic N) is 3. The SMILES string of the molecule is NN=Cc1ccc(N2CCCC2)c([N+](=O)[O-])c1. The van der Waals surface area contributed by atoms with E-state index in [1.165, 1.54) is 12.3 Å². The van der Waals surface area contributed by atoms with Crippen molar-refractivity contribution in [1.29, 1.82) is 0 Å². The number of nitro benzene ring substituents is 1. The first kappa shape index (κ1) is 11.4. The molecule has 0 unspecified atom stereocenters. The standard InChI is InChI=1S/C11H14N4O2/c12-13-8-9-3-4-10(11(7-9)15(16)17)14-5-1-2-6-14/h3-4,7-8H,1-2,5-6,12H2. The molecule has 0 aliphatic carbocycles. The van der Waals surface area contributed by atoms with Crippen LogP contribution in [0.1, 0.15) is 18.4 Å². The Morgan fingerprint density at radius 2 is 2.12 bits per heavy atom. The topological polar surface area (TPSA) is 84.8 Å². The van der Waals surface area contributed by atoms with Crippen molar-refractivity contribution in [3.8, 4) is 0 Å². The first-order chi connectivity index (χ1) is 8.22. The Kier molecular flexibility index (Phi) is 3.22. The lowest BCUT2D eigenvalue weighted by molar-refractivity contribution is -0.384. The highest BCUT2D eigenvalue weighted by Crippen LogP contribution is 2.31. The van der Waals surface area contributed by atoms with Crippen LogP contribution in [0, 0.1) is 10.1 Å². The van der Waals surface area contributed by atoms with Crippen molar-refractivity contribution >= 4 is 17.6 Å². The minimum absolute atomic E-state index is 0.115. The highest BCUT2D eigenvalue weighted by atomic mass is 16.6. The minimum Gasteiger partial charge on any atom is -0.366 e. The summed E-state index contributed by atoms with van der Waals surface area (Å²) in [5.41, 5.74) is 1.44. The number of rotatable bonds is 3. The van der Waals surface area contributed by atoms with Gasteiger partial charge in [-0.05, 0) is 18.9 Å². The van der Waals surface area contributed by atoms with Crippen molar-refractivity contribution in [2.24, 2.45) is 10.9 Å². The molecule has 0 saturated carbocycles. The van der Waals surface area contributed by atoms with E-state index in [1.54, 1.807) is 12.1 Å². The van der Waals surface area contributed by atoms with Crippen LogP contribution in [0.5, 0.6) is 0 Å². The summed E-state index contributed by atoms with van der Waals surface area (Å²) in [5, 5.41) is 14.4. The van der Waals surface area contributed by atoms with E-state index in [0.29, 0.717) is 11.3 Å². The third-order valence-corrected chi connectivity index (χ3v) is 2.87. The van der Waals surface area contributed by atoms with E-state index >= 15 is 0 Å². The zero-order chi connectivity index (χ0) is 12.3. The second-order valence-corrected chi connectivity index (χ2v) is 3.98. The summed E-state index contributed by atoms with van der Waals surface area (Å²) < 4.78 is 0. The fraction of sp³-hybridized carbons (Fsp3) is 0.364. The molecule has 1 aliphatic rings. The Morgan fingerprint density at radius 1 is 1.41 bits per heavy atom. The number of hydrazone groups is 1. The number of hydrogen-bond acceptors (Lipinski definition) is 5. The van der Waals surface area contributed by atoms with Crippen molar-refractivity contribution in [3.05, 3.63) is 33.9 Å². The van der Waals surface area contributed by atoms with Crippen LogP contribution in [0.4, 0.5) is 11.4 Å². The molecule has 1 fully saturated rings. The molecule has 2 N–H and O–H groups in total. The second kappa shape index (κ2) is 4.82. The van der Waals surface area contributed by atoms with Crippen LogP contribution < -0.4 is 10.7 Å². The Bertz CT molecular complexity index is 453. The van der Waals surface area contributed by atoms with Gasteiger partial charge in [0.2, 0.25) is 0 Å². The Hall–Kier alpha value is -2.11. The van der Waals surface area contributed by atoms with Crippen molar-refractivity contribution in [3.63, 3.8) is 0 Å². The Balaban J connectivity index is 2.40. The van der Waals surface area contributed by atoms with Gasteiger partial charge in [0.05, 0.1) is 11.1 Å². The van der Waals surface area contributed by atoms with Crippen LogP contribution in [0.15, 0.2) is 23.3 Å². The van der Waals surface area contributed by atoms with Crippen molar-refractivity contribution in [1.82, 2.24) is 0 Å². The quantitative estimate of drug-likeness (QED) is 0.371. The second-order valence-electron chi connectivity index (χ2n) is 3.98. The van der Waals surface area contributed by atoms with Crippen LogP contribution in [0.2, 0.25) is 0 Å². The van der Waals surface area contributed by atoms with Crippen LogP contribution in [0.25, 0.3) is 0 Å². The monoisotopic (exact) mass is 234 g/mol. The first-order valence-electron chi connectivity index (χ1n) is 5.49. The lowest BCUT2D eigenvalue weighted by Crippen LogP contribution is -2.18. The lowest BCUT2D eigenvalue weighted by atomic mass is 10.1. The fourth-order valence-corrected chi connectivity index (χ4v) is 2.08. The summed E-state index contributed by atoms with van der Waals surface area (Å²) in [6.07, 6.45) is 3.58. The maximum absolute atomic E-state index is 11.0. The van der Waals surface area contributed by atoms with Crippen LogP contribution in [-0.4, -0.2) is 24.2 Å². The molecular formula is C11H14N4O2. The van der Waals surface area contributed by atoms with Crippen molar-refractivity contribution in [2.75, 3.05) is 18.0 Å². The van der Waals surface area contributed by atoms with Crippen molar-refractivity contribution < 1.29 is 4.92 Å². The van der Waals surface area contributed by atoms with Crippen LogP contribution in [0.3, 0.4) is 0 Å². The van der Waals surface area contributed by atoms with Crippen LogP contribution >= 0.6 is 0 Å². The molecule has 1 aliphatic heterocycles. The number of nitrogens with two attached hydrogens (primary N) is 1. The third-order valence-electron chi connectivity index (χ3n) is 2.87. The number of nitro groups is 1. The molecule has 2 rings (SSSR count). The van der Waals surface area contributed by atoms with E-state index in [2.05, 4.69) is 5.10 Å². The maximum Gasteiger partial charge on any atom is 0.293 e. The Morgan fingerprint density at radius 3 is 2.71 bits per heavy atom. The van der Waals surface area contributed by atoms with Gasteiger partial charge in [-0.15, -0.1) is 0 Å². The van der Waals surface area contributed by atoms with Crippen molar-refractivity contribution in [2.45, 2.75) is 12.8 Å². The van der Waals surface area contributed by atoms with E-state index in [4.69, 9.17) is 5.84 Å². The third kappa shape index (κ3) is 2.35. The van der Waals surface area contributed by atoms with Gasteiger partial charge in [0.1, 0.15) is 5.69 Å². The molecule has 0 amide bonds. The predicted molar refractivity (Wildman–Crippen MR) is 66.3 cm³/mol. The molecule has 6 heteroatoms. The zero-order valence-electron chi connectivity index (χ0n) is 9.37. The van der Waals surface area contributed by atoms with Gasteiger partial charge in [-0.3, -0.25) is 10.1 Å². The number of benzene rings is 1. The highest BCUT2D eigenvalue weighted by molar-refractivity contribution is 5.83. The molecule has 1 aromatic rings. The molecule has 0 spiro atoms. The summed E-state index contributed by atoms with van der Waals surface area (Å²) in [6.45, 7) is 1.76. The van der Waals surface area contributed by atoms with Gasteiger partial charge in [-0.25, -0.2) is 0 Å². The maximum atomic E-state index is 11.0. The van der Waals surface area contributed by atoms with Gasteiger partial charge in [0, 0.05) is 24.7 Å². The van der Waals surface area contributed by atoms with Gasteiger partial charge in [-0.2, -0.15) is 5.10 Å². The molecule has 0 atom stereocenters. The van der Waals surface area contributed by atoms with Gasteiger partial charge < -0.3 is 10.7 Å². The largest absolute Gasteiger partial charge is 0.366 e. The fourth-order valence-electron chi connectivity index (χ4n) is 2.08. The molecule has 0 bridgehead atoms. The van der Waals surface area contributed by atoms with E-state index < -0.39 is 0 Å². The minimum atomic E-state index is -0.360. The zero-order valence-corrected chi connectivity index (χ0v) is 9.37. The molecule has 6 nitrogen and oxygen atoms in total. The van der Waals surface area contributed by atoms with Gasteiger partial charge in [-0.1, -0.05) is 6.07 Å². The lowest BCUT2D eigenvalue weighted by Gasteiger charge is -2.17. The molecule has 0 radical (unpaired) electrons. The summed E-state index contributed by atoms with van der Waals surface area (Å²) in [6, 6.07) is 5.06. The first-order valence-corrected chi connectivity index (χ1v) is 5.49. The average Bonchev–Trinajstić information content (AvgIpc) is 2.82. The van der Waals surface area contributed by atoms with Crippen LogP contribution in [-0.2, 0) is 0 Å². The molecule has 0 aromatic heterocycles. The number of anilines is 1. The summed E-state index contributed by atoms with van der Waals surface area (Å²) in [4.78, 5) is 12.7.